The molecule has 0 amide bonds. The minimum absolute atomic E-state index is 0.591. The van der Waals surface area contributed by atoms with Gasteiger partial charge in [0.05, 0.1) is 11.4 Å². The first-order valence-electron chi connectivity index (χ1n) is 6.94. The summed E-state index contributed by atoms with van der Waals surface area (Å²) in [5, 5.41) is 3.39. The van der Waals surface area contributed by atoms with Crippen LogP contribution >= 0.6 is 0 Å². The van der Waals surface area contributed by atoms with Crippen molar-refractivity contribution >= 4 is 11.4 Å². The maximum absolute atomic E-state index is 6.03. The third-order valence-electron chi connectivity index (χ3n) is 3.61. The summed E-state index contributed by atoms with van der Waals surface area (Å²) in [5.74, 6) is 1.52. The van der Waals surface area contributed by atoms with Crippen LogP contribution in [0, 0.1) is 0 Å². The van der Waals surface area contributed by atoms with Gasteiger partial charge in [-0.15, -0.1) is 0 Å². The van der Waals surface area contributed by atoms with Crippen molar-refractivity contribution in [3.05, 3.63) is 23.8 Å². The molecule has 0 unspecified atom stereocenters. The van der Waals surface area contributed by atoms with E-state index in [1.165, 1.54) is 19.3 Å². The molecule has 0 bridgehead atoms. The fourth-order valence-electron chi connectivity index (χ4n) is 2.58. The maximum Gasteiger partial charge on any atom is 0.163 e. The highest BCUT2D eigenvalue weighted by atomic mass is 16.6. The summed E-state index contributed by atoms with van der Waals surface area (Å²) in [7, 11) is 0. The van der Waals surface area contributed by atoms with Gasteiger partial charge in [-0.05, 0) is 25.7 Å². The number of rotatable bonds is 4. The molecule has 1 aromatic carbocycles. The Balaban J connectivity index is 1.63. The van der Waals surface area contributed by atoms with E-state index in [-0.39, 0.29) is 0 Å². The largest absolute Gasteiger partial charge is 0.486 e. The lowest BCUT2D eigenvalue weighted by Crippen LogP contribution is -2.16. The van der Waals surface area contributed by atoms with Gasteiger partial charge in [0.1, 0.15) is 13.2 Å². The van der Waals surface area contributed by atoms with Gasteiger partial charge in [-0.2, -0.15) is 0 Å². The summed E-state index contributed by atoms with van der Waals surface area (Å²) in [5.41, 5.74) is 9.23. The van der Waals surface area contributed by atoms with Crippen molar-refractivity contribution in [2.24, 2.45) is 0 Å². The number of fused-ring (bicyclic) bond motifs is 1. The van der Waals surface area contributed by atoms with Crippen molar-refractivity contribution < 1.29 is 9.47 Å². The summed E-state index contributed by atoms with van der Waals surface area (Å²) in [6.45, 7) is 2.10. The second kappa shape index (κ2) is 5.43. The molecule has 0 spiro atoms. The normalized spacial score (nSPS) is 17.2. The van der Waals surface area contributed by atoms with Crippen LogP contribution in [0.3, 0.4) is 0 Å². The molecular formula is C15H20N2O2. The average molecular weight is 260 g/mol. The van der Waals surface area contributed by atoms with Crippen LogP contribution in [-0.2, 0) is 0 Å². The molecule has 3 rings (SSSR count). The van der Waals surface area contributed by atoms with Gasteiger partial charge < -0.3 is 20.5 Å². The molecule has 0 saturated carbocycles. The number of allylic oxidation sites excluding steroid dienone is 1. The van der Waals surface area contributed by atoms with Crippen molar-refractivity contribution in [2.75, 3.05) is 30.8 Å². The van der Waals surface area contributed by atoms with E-state index in [1.807, 2.05) is 12.1 Å². The van der Waals surface area contributed by atoms with E-state index in [1.54, 1.807) is 5.57 Å². The van der Waals surface area contributed by atoms with E-state index < -0.39 is 0 Å². The number of nitrogens with one attached hydrogen (secondary N) is 1. The van der Waals surface area contributed by atoms with Gasteiger partial charge in [0.15, 0.2) is 11.5 Å². The second-order valence-corrected chi connectivity index (χ2v) is 5.01. The van der Waals surface area contributed by atoms with Gasteiger partial charge in [-0.1, -0.05) is 11.6 Å². The molecule has 1 aromatic rings. The fourth-order valence-corrected chi connectivity index (χ4v) is 2.58. The van der Waals surface area contributed by atoms with E-state index in [2.05, 4.69) is 11.4 Å². The van der Waals surface area contributed by atoms with Gasteiger partial charge in [0.2, 0.25) is 0 Å². The van der Waals surface area contributed by atoms with Gasteiger partial charge in [0, 0.05) is 18.7 Å². The Morgan fingerprint density at radius 1 is 1.16 bits per heavy atom. The number of hydrogen-bond donors (Lipinski definition) is 2. The zero-order chi connectivity index (χ0) is 13.1. The van der Waals surface area contributed by atoms with Gasteiger partial charge >= 0.3 is 0 Å². The van der Waals surface area contributed by atoms with Crippen LogP contribution in [0.1, 0.15) is 25.7 Å². The summed E-state index contributed by atoms with van der Waals surface area (Å²) >= 11 is 0. The third kappa shape index (κ3) is 2.78. The molecule has 19 heavy (non-hydrogen) atoms. The molecule has 4 nitrogen and oxygen atoms in total. The molecule has 102 valence electrons. The third-order valence-corrected chi connectivity index (χ3v) is 3.61. The highest BCUT2D eigenvalue weighted by Gasteiger charge is 2.14. The van der Waals surface area contributed by atoms with Crippen molar-refractivity contribution in [3.63, 3.8) is 0 Å². The predicted molar refractivity (Wildman–Crippen MR) is 76.9 cm³/mol. The summed E-state index contributed by atoms with van der Waals surface area (Å²) in [4.78, 5) is 0. The smallest absolute Gasteiger partial charge is 0.163 e. The Labute approximate surface area is 113 Å². The van der Waals surface area contributed by atoms with Crippen LogP contribution in [0.15, 0.2) is 23.8 Å². The number of nitrogen functional groups attached to an aromatic ring is 1. The number of ether oxygens (including phenoxy) is 2. The van der Waals surface area contributed by atoms with Crippen molar-refractivity contribution in [1.82, 2.24) is 0 Å². The van der Waals surface area contributed by atoms with E-state index in [9.17, 15) is 0 Å². The number of anilines is 2. The minimum atomic E-state index is 0.591. The van der Waals surface area contributed by atoms with Crippen LogP contribution in [0.4, 0.5) is 11.4 Å². The van der Waals surface area contributed by atoms with Crippen LogP contribution in [0.5, 0.6) is 11.5 Å². The lowest BCUT2D eigenvalue weighted by Gasteiger charge is -2.20. The van der Waals surface area contributed by atoms with E-state index >= 15 is 0 Å². The number of hydrogen-bond acceptors (Lipinski definition) is 4. The highest BCUT2D eigenvalue weighted by molar-refractivity contribution is 5.72. The van der Waals surface area contributed by atoms with Crippen LogP contribution in [-0.4, -0.2) is 19.8 Å². The molecule has 0 radical (unpaired) electrons. The first-order valence-corrected chi connectivity index (χ1v) is 6.94. The molecule has 3 N–H and O–H groups in total. The standard InChI is InChI=1S/C15H20N2O2/c16-12-9-14-15(19-8-7-18-14)10-13(12)17-6-5-11-3-1-2-4-11/h3,9-10,17H,1-2,4-8,16H2. The summed E-state index contributed by atoms with van der Waals surface area (Å²) < 4.78 is 11.1. The fraction of sp³-hybridized carbons (Fsp3) is 0.467. The Kier molecular flexibility index (Phi) is 3.49. The second-order valence-electron chi connectivity index (χ2n) is 5.01. The van der Waals surface area contributed by atoms with Gasteiger partial charge in [0.25, 0.3) is 0 Å². The van der Waals surface area contributed by atoms with E-state index in [4.69, 9.17) is 15.2 Å². The molecule has 1 aliphatic carbocycles. The lowest BCUT2D eigenvalue weighted by atomic mass is 10.1. The quantitative estimate of drug-likeness (QED) is 0.645. The first kappa shape index (κ1) is 12.2. The maximum atomic E-state index is 6.03. The minimum Gasteiger partial charge on any atom is -0.486 e. The molecule has 1 aliphatic heterocycles. The predicted octanol–water partition coefficient (Wildman–Crippen LogP) is 2.95. The van der Waals surface area contributed by atoms with Crippen molar-refractivity contribution in [3.8, 4) is 11.5 Å². The van der Waals surface area contributed by atoms with Gasteiger partial charge in [-0.25, -0.2) is 0 Å². The van der Waals surface area contributed by atoms with Crippen molar-refractivity contribution in [2.45, 2.75) is 25.7 Å². The molecule has 4 heteroatoms. The average Bonchev–Trinajstić information content (AvgIpc) is 2.92. The van der Waals surface area contributed by atoms with E-state index in [0.29, 0.717) is 18.9 Å². The molecule has 2 aliphatic rings. The Bertz CT molecular complexity index is 497. The molecular weight excluding hydrogens is 240 g/mol. The van der Waals surface area contributed by atoms with Gasteiger partial charge in [-0.3, -0.25) is 0 Å². The molecule has 0 fully saturated rings. The Morgan fingerprint density at radius 2 is 1.95 bits per heavy atom. The molecule has 0 aromatic heterocycles. The molecule has 0 saturated heterocycles. The summed E-state index contributed by atoms with van der Waals surface area (Å²) in [6.07, 6.45) is 7.24. The van der Waals surface area contributed by atoms with Crippen LogP contribution in [0.25, 0.3) is 0 Å². The zero-order valence-electron chi connectivity index (χ0n) is 11.1. The Morgan fingerprint density at radius 3 is 2.68 bits per heavy atom. The monoisotopic (exact) mass is 260 g/mol. The molecule has 0 atom stereocenters. The number of benzene rings is 1. The van der Waals surface area contributed by atoms with Crippen LogP contribution < -0.4 is 20.5 Å². The topological polar surface area (TPSA) is 56.5 Å². The lowest BCUT2D eigenvalue weighted by molar-refractivity contribution is 0.172. The first-order chi connectivity index (χ1) is 9.33. The number of nitrogens with two attached hydrogens (primary N) is 1. The van der Waals surface area contributed by atoms with Crippen LogP contribution in [0.2, 0.25) is 0 Å². The zero-order valence-corrected chi connectivity index (χ0v) is 11.1. The molecule has 1 heterocycles. The van der Waals surface area contributed by atoms with Crippen molar-refractivity contribution in [1.29, 1.82) is 0 Å². The highest BCUT2D eigenvalue weighted by Crippen LogP contribution is 2.37. The Hall–Kier alpha value is -1.84. The SMILES string of the molecule is Nc1cc2c(cc1NCCC1=CCCC1)OCCO2. The van der Waals surface area contributed by atoms with E-state index in [0.717, 1.165) is 30.2 Å². The summed E-state index contributed by atoms with van der Waals surface area (Å²) in [6, 6.07) is 3.78.